The van der Waals surface area contributed by atoms with Crippen LogP contribution in [-0.2, 0) is 6.42 Å². The van der Waals surface area contributed by atoms with Crippen molar-refractivity contribution < 1.29 is 10.2 Å². The molecule has 0 radical (unpaired) electrons. The van der Waals surface area contributed by atoms with E-state index in [-0.39, 0.29) is 13.2 Å². The van der Waals surface area contributed by atoms with Crippen LogP contribution >= 0.6 is 0 Å². The fourth-order valence-electron chi connectivity index (χ4n) is 2.30. The van der Waals surface area contributed by atoms with Crippen LogP contribution in [0.15, 0.2) is 42.5 Å². The summed E-state index contributed by atoms with van der Waals surface area (Å²) < 4.78 is 0. The summed E-state index contributed by atoms with van der Waals surface area (Å²) in [6, 6.07) is 14.8. The Morgan fingerprint density at radius 1 is 0.789 bits per heavy atom. The standard InChI is InChI=1S/C16H21NO2/c18-11-9-17(10-12-19)8-7-14-5-6-15-3-1-2-4-16(15)13-14/h1-6,13,18-19H,7-12H2. The molecule has 0 atom stereocenters. The number of aliphatic hydroxyl groups is 2. The average molecular weight is 259 g/mol. The van der Waals surface area contributed by atoms with Crippen LogP contribution in [0.2, 0.25) is 0 Å². The quantitative estimate of drug-likeness (QED) is 0.795. The SMILES string of the molecule is OCCN(CCO)CCc1ccc2ccccc2c1. The molecule has 0 unspecified atom stereocenters. The van der Waals surface area contributed by atoms with Gasteiger partial charge in [0.05, 0.1) is 13.2 Å². The first-order valence-electron chi connectivity index (χ1n) is 6.75. The van der Waals surface area contributed by atoms with Crippen LogP contribution in [0.3, 0.4) is 0 Å². The van der Waals surface area contributed by atoms with Crippen LogP contribution in [0.5, 0.6) is 0 Å². The van der Waals surface area contributed by atoms with Crippen LogP contribution in [0.1, 0.15) is 5.56 Å². The van der Waals surface area contributed by atoms with Gasteiger partial charge in [-0.1, -0.05) is 42.5 Å². The zero-order valence-corrected chi connectivity index (χ0v) is 11.1. The van der Waals surface area contributed by atoms with Crippen LogP contribution in [-0.4, -0.2) is 48.0 Å². The Bertz CT molecular complexity index is 507. The summed E-state index contributed by atoms with van der Waals surface area (Å²) in [6.07, 6.45) is 0.935. The first-order chi connectivity index (χ1) is 9.33. The number of hydrogen-bond donors (Lipinski definition) is 2. The Labute approximate surface area is 114 Å². The van der Waals surface area contributed by atoms with E-state index in [9.17, 15) is 0 Å². The third-order valence-electron chi connectivity index (χ3n) is 3.36. The molecule has 0 aliphatic heterocycles. The van der Waals surface area contributed by atoms with Crippen molar-refractivity contribution in [1.82, 2.24) is 4.90 Å². The maximum atomic E-state index is 8.98. The van der Waals surface area contributed by atoms with E-state index in [1.54, 1.807) is 0 Å². The summed E-state index contributed by atoms with van der Waals surface area (Å²) in [6.45, 7) is 2.37. The zero-order valence-electron chi connectivity index (χ0n) is 11.1. The van der Waals surface area contributed by atoms with E-state index in [4.69, 9.17) is 10.2 Å². The van der Waals surface area contributed by atoms with E-state index in [2.05, 4.69) is 41.3 Å². The van der Waals surface area contributed by atoms with E-state index in [1.807, 2.05) is 6.07 Å². The number of aliphatic hydroxyl groups excluding tert-OH is 2. The molecule has 3 heteroatoms. The minimum absolute atomic E-state index is 0.137. The number of hydrogen-bond acceptors (Lipinski definition) is 3. The molecule has 0 aliphatic rings. The maximum Gasteiger partial charge on any atom is 0.0558 e. The average Bonchev–Trinajstić information content (AvgIpc) is 2.45. The van der Waals surface area contributed by atoms with Crippen molar-refractivity contribution in [3.8, 4) is 0 Å². The van der Waals surface area contributed by atoms with E-state index in [1.165, 1.54) is 16.3 Å². The van der Waals surface area contributed by atoms with Gasteiger partial charge in [-0.2, -0.15) is 0 Å². The van der Waals surface area contributed by atoms with E-state index >= 15 is 0 Å². The molecule has 0 saturated heterocycles. The Kier molecular flexibility index (Phi) is 5.33. The number of fused-ring (bicyclic) bond motifs is 1. The molecule has 102 valence electrons. The Morgan fingerprint density at radius 2 is 1.47 bits per heavy atom. The molecular formula is C16H21NO2. The van der Waals surface area contributed by atoms with Crippen molar-refractivity contribution in [3.63, 3.8) is 0 Å². The minimum atomic E-state index is 0.137. The van der Waals surface area contributed by atoms with Gasteiger partial charge in [0, 0.05) is 19.6 Å². The van der Waals surface area contributed by atoms with Gasteiger partial charge in [-0.05, 0) is 22.8 Å². The molecule has 0 saturated carbocycles. The molecule has 3 nitrogen and oxygen atoms in total. The zero-order chi connectivity index (χ0) is 13.5. The molecule has 0 heterocycles. The van der Waals surface area contributed by atoms with Gasteiger partial charge in [0.15, 0.2) is 0 Å². The Hall–Kier alpha value is -1.42. The van der Waals surface area contributed by atoms with Crippen molar-refractivity contribution in [2.45, 2.75) is 6.42 Å². The highest BCUT2D eigenvalue weighted by molar-refractivity contribution is 5.82. The van der Waals surface area contributed by atoms with Crippen LogP contribution in [0, 0.1) is 0 Å². The maximum absolute atomic E-state index is 8.98. The highest BCUT2D eigenvalue weighted by atomic mass is 16.3. The Balaban J connectivity index is 2.00. The molecule has 2 rings (SSSR count). The van der Waals surface area contributed by atoms with Crippen molar-refractivity contribution in [2.24, 2.45) is 0 Å². The molecule has 2 aromatic carbocycles. The fraction of sp³-hybridized carbons (Fsp3) is 0.375. The molecule has 0 bridgehead atoms. The normalized spacial score (nSPS) is 11.3. The van der Waals surface area contributed by atoms with Crippen LogP contribution in [0.4, 0.5) is 0 Å². The van der Waals surface area contributed by atoms with Gasteiger partial charge < -0.3 is 10.2 Å². The van der Waals surface area contributed by atoms with Gasteiger partial charge in [0.25, 0.3) is 0 Å². The third-order valence-corrected chi connectivity index (χ3v) is 3.36. The molecule has 0 aromatic heterocycles. The molecule has 0 aliphatic carbocycles. The van der Waals surface area contributed by atoms with Gasteiger partial charge in [0.1, 0.15) is 0 Å². The highest BCUT2D eigenvalue weighted by Crippen LogP contribution is 2.16. The third kappa shape index (κ3) is 4.03. The lowest BCUT2D eigenvalue weighted by Gasteiger charge is -2.20. The summed E-state index contributed by atoms with van der Waals surface area (Å²) in [5, 5.41) is 20.5. The molecule has 0 amide bonds. The van der Waals surface area contributed by atoms with Gasteiger partial charge in [-0.3, -0.25) is 4.90 Å². The van der Waals surface area contributed by atoms with Crippen molar-refractivity contribution in [2.75, 3.05) is 32.8 Å². The monoisotopic (exact) mass is 259 g/mol. The summed E-state index contributed by atoms with van der Waals surface area (Å²) >= 11 is 0. The molecule has 0 spiro atoms. The van der Waals surface area contributed by atoms with Gasteiger partial charge in [-0.25, -0.2) is 0 Å². The first kappa shape index (κ1) is 14.0. The molecule has 2 aromatic rings. The van der Waals surface area contributed by atoms with Crippen LogP contribution < -0.4 is 0 Å². The minimum Gasteiger partial charge on any atom is -0.395 e. The molecular weight excluding hydrogens is 238 g/mol. The summed E-state index contributed by atoms with van der Waals surface area (Å²) in [5.74, 6) is 0. The summed E-state index contributed by atoms with van der Waals surface area (Å²) in [7, 11) is 0. The lowest BCUT2D eigenvalue weighted by Crippen LogP contribution is -2.31. The second-order valence-electron chi connectivity index (χ2n) is 4.72. The predicted molar refractivity (Wildman–Crippen MR) is 78.3 cm³/mol. The summed E-state index contributed by atoms with van der Waals surface area (Å²) in [4.78, 5) is 2.08. The van der Waals surface area contributed by atoms with Crippen molar-refractivity contribution >= 4 is 10.8 Å². The van der Waals surface area contributed by atoms with Gasteiger partial charge in [0.2, 0.25) is 0 Å². The van der Waals surface area contributed by atoms with Crippen LogP contribution in [0.25, 0.3) is 10.8 Å². The molecule has 0 fully saturated rings. The van der Waals surface area contributed by atoms with Gasteiger partial charge in [-0.15, -0.1) is 0 Å². The number of nitrogens with zero attached hydrogens (tertiary/aromatic N) is 1. The molecule has 19 heavy (non-hydrogen) atoms. The van der Waals surface area contributed by atoms with E-state index in [0.29, 0.717) is 13.1 Å². The number of benzene rings is 2. The first-order valence-corrected chi connectivity index (χ1v) is 6.75. The Morgan fingerprint density at radius 3 is 2.16 bits per heavy atom. The lowest BCUT2D eigenvalue weighted by molar-refractivity contribution is 0.162. The predicted octanol–water partition coefficient (Wildman–Crippen LogP) is 1.67. The largest absolute Gasteiger partial charge is 0.395 e. The second-order valence-corrected chi connectivity index (χ2v) is 4.72. The highest BCUT2D eigenvalue weighted by Gasteiger charge is 2.04. The smallest absolute Gasteiger partial charge is 0.0558 e. The fourth-order valence-corrected chi connectivity index (χ4v) is 2.30. The van der Waals surface area contributed by atoms with Crippen molar-refractivity contribution in [3.05, 3.63) is 48.0 Å². The van der Waals surface area contributed by atoms with Gasteiger partial charge >= 0.3 is 0 Å². The number of rotatable bonds is 7. The van der Waals surface area contributed by atoms with Crippen molar-refractivity contribution in [1.29, 1.82) is 0 Å². The lowest BCUT2D eigenvalue weighted by atomic mass is 10.1. The molecule has 2 N–H and O–H groups in total. The topological polar surface area (TPSA) is 43.7 Å². The summed E-state index contributed by atoms with van der Waals surface area (Å²) in [5.41, 5.74) is 1.29. The second kappa shape index (κ2) is 7.24. The van der Waals surface area contributed by atoms with E-state index < -0.39 is 0 Å². The van der Waals surface area contributed by atoms with E-state index in [0.717, 1.165) is 13.0 Å².